The number of rotatable bonds is 10. The van der Waals surface area contributed by atoms with Gasteiger partial charge in [0.25, 0.3) is 5.91 Å². The lowest BCUT2D eigenvalue weighted by Crippen LogP contribution is -2.47. The summed E-state index contributed by atoms with van der Waals surface area (Å²) in [7, 11) is 0. The molecule has 4 aromatic rings. The normalized spacial score (nSPS) is 21.5. The molecule has 1 aliphatic carbocycles. The number of halogens is 4. The number of aromatic nitrogens is 3. The predicted octanol–water partition coefficient (Wildman–Crippen LogP) is 7.30. The number of likely N-dealkylation sites (tertiary alicyclic amines) is 1. The fraction of sp³-hybridized carbons (Fsp3) is 0.475. The van der Waals surface area contributed by atoms with Crippen LogP contribution in [0.5, 0.6) is 5.75 Å². The number of imidazole rings is 1. The van der Waals surface area contributed by atoms with Gasteiger partial charge in [-0.3, -0.25) is 19.7 Å². The Balaban J connectivity index is 0.925. The van der Waals surface area contributed by atoms with E-state index in [1.165, 1.54) is 18.2 Å². The largest absolute Gasteiger partial charge is 0.490 e. The molecule has 2 aliphatic heterocycles. The van der Waals surface area contributed by atoms with Crippen molar-refractivity contribution in [3.05, 3.63) is 83.2 Å². The molecular weight excluding hydrogens is 718 g/mol. The first-order chi connectivity index (χ1) is 26.3. The zero-order chi connectivity index (χ0) is 38.9. The van der Waals surface area contributed by atoms with Gasteiger partial charge in [-0.2, -0.15) is 13.2 Å². The van der Waals surface area contributed by atoms with Crippen molar-refractivity contribution in [2.24, 2.45) is 5.92 Å². The molecule has 11 nitrogen and oxygen atoms in total. The molecule has 2 saturated heterocycles. The van der Waals surface area contributed by atoms with Gasteiger partial charge >= 0.3 is 6.18 Å². The Morgan fingerprint density at radius 2 is 1.73 bits per heavy atom. The summed E-state index contributed by atoms with van der Waals surface area (Å²) in [5, 5.41) is 7.85. The Kier molecular flexibility index (Phi) is 11.1. The Hall–Kier alpha value is -5.05. The molecule has 5 heterocycles. The SMILES string of the molecule is CC(C)Oc1cc2nc(C3CCC(CN4CCC(c5ccc(NC6CCC(=O)NC6=O)cc5F)CC4)CC3)cn2cc1C(=O)Nc1cccc(C(F)(F)F)n1. The van der Waals surface area contributed by atoms with Crippen molar-refractivity contribution in [1.29, 1.82) is 0 Å². The first kappa shape index (κ1) is 38.2. The summed E-state index contributed by atoms with van der Waals surface area (Å²) >= 11 is 0. The third kappa shape index (κ3) is 9.09. The summed E-state index contributed by atoms with van der Waals surface area (Å²) < 4.78 is 62.6. The minimum absolute atomic E-state index is 0.127. The average molecular weight is 764 g/mol. The first-order valence-electron chi connectivity index (χ1n) is 19.0. The number of piperidine rings is 2. The number of carbonyl (C=O) groups excluding carboxylic acids is 3. The Morgan fingerprint density at radius 1 is 0.964 bits per heavy atom. The molecule has 3 aromatic heterocycles. The van der Waals surface area contributed by atoms with Crippen LogP contribution in [0.15, 0.2) is 54.9 Å². The van der Waals surface area contributed by atoms with E-state index < -0.39 is 23.8 Å². The highest BCUT2D eigenvalue weighted by Crippen LogP contribution is 2.38. The van der Waals surface area contributed by atoms with E-state index >= 15 is 4.39 Å². The molecular formula is C40H45F4N7O4. The number of pyridine rings is 2. The first-order valence-corrected chi connectivity index (χ1v) is 19.0. The molecule has 3 N–H and O–H groups in total. The number of imide groups is 1. The lowest BCUT2D eigenvalue weighted by atomic mass is 9.80. The molecule has 55 heavy (non-hydrogen) atoms. The molecule has 7 rings (SSSR count). The van der Waals surface area contributed by atoms with Gasteiger partial charge in [0.05, 0.1) is 17.4 Å². The van der Waals surface area contributed by atoms with Crippen molar-refractivity contribution in [2.45, 2.75) is 95.4 Å². The van der Waals surface area contributed by atoms with Crippen molar-refractivity contribution in [1.82, 2.24) is 24.6 Å². The van der Waals surface area contributed by atoms with Crippen LogP contribution in [0.2, 0.25) is 0 Å². The van der Waals surface area contributed by atoms with Gasteiger partial charge in [0.1, 0.15) is 34.8 Å². The number of nitrogens with zero attached hydrogens (tertiary/aromatic N) is 4. The molecule has 1 aromatic carbocycles. The van der Waals surface area contributed by atoms with E-state index in [-0.39, 0.29) is 59.1 Å². The number of nitrogens with one attached hydrogen (secondary N) is 3. The highest BCUT2D eigenvalue weighted by molar-refractivity contribution is 6.06. The van der Waals surface area contributed by atoms with E-state index in [9.17, 15) is 27.6 Å². The van der Waals surface area contributed by atoms with Crippen molar-refractivity contribution in [3.63, 3.8) is 0 Å². The van der Waals surface area contributed by atoms with Crippen LogP contribution in [0.4, 0.5) is 29.1 Å². The second-order valence-electron chi connectivity index (χ2n) is 15.2. The van der Waals surface area contributed by atoms with Crippen LogP contribution in [0.1, 0.15) is 104 Å². The van der Waals surface area contributed by atoms with Crippen LogP contribution in [0.25, 0.3) is 5.65 Å². The molecule has 1 atom stereocenters. The summed E-state index contributed by atoms with van der Waals surface area (Å²) in [4.78, 5) is 47.8. The number of hydrogen-bond acceptors (Lipinski definition) is 8. The molecule has 292 valence electrons. The Morgan fingerprint density at radius 3 is 2.42 bits per heavy atom. The minimum Gasteiger partial charge on any atom is -0.490 e. The second-order valence-corrected chi connectivity index (χ2v) is 15.2. The summed E-state index contributed by atoms with van der Waals surface area (Å²) in [5.41, 5.74) is 1.81. The number of alkyl halides is 3. The average Bonchev–Trinajstić information content (AvgIpc) is 3.56. The number of amides is 3. The maximum absolute atomic E-state index is 15.2. The molecule has 3 aliphatic rings. The minimum atomic E-state index is -4.64. The van der Waals surface area contributed by atoms with Crippen LogP contribution in [-0.2, 0) is 15.8 Å². The van der Waals surface area contributed by atoms with E-state index in [1.54, 1.807) is 16.7 Å². The highest BCUT2D eigenvalue weighted by atomic mass is 19.4. The van der Waals surface area contributed by atoms with Crippen LogP contribution >= 0.6 is 0 Å². The molecule has 0 radical (unpaired) electrons. The Labute approximate surface area is 316 Å². The molecule has 0 bridgehead atoms. The fourth-order valence-electron chi connectivity index (χ4n) is 8.01. The quantitative estimate of drug-likeness (QED) is 0.113. The Bertz CT molecular complexity index is 2050. The standard InChI is InChI=1S/C40H45F4N7O4/c1-23(2)55-33-19-36-46-32(22-51(36)21-29(33)38(53)48-35-5-3-4-34(47-35)40(42,43)44)26-8-6-24(7-9-26)20-50-16-14-25(15-17-50)28-11-10-27(18-30(28)41)45-31-12-13-37(52)49-39(31)54/h3-5,10-11,18-19,21-26,31,45H,6-9,12-17,20H2,1-2H3,(H,47,48,53)(H,49,52,54). The van der Waals surface area contributed by atoms with Crippen molar-refractivity contribution < 1.29 is 36.7 Å². The smallest absolute Gasteiger partial charge is 0.433 e. The second kappa shape index (κ2) is 16.0. The molecule has 1 unspecified atom stereocenters. The number of ether oxygens (including phenoxy) is 1. The van der Waals surface area contributed by atoms with Gasteiger partial charge in [0, 0.05) is 43.0 Å². The van der Waals surface area contributed by atoms with Gasteiger partial charge in [-0.1, -0.05) is 12.1 Å². The summed E-state index contributed by atoms with van der Waals surface area (Å²) in [6, 6.07) is 9.54. The van der Waals surface area contributed by atoms with Crippen LogP contribution in [-0.4, -0.2) is 68.8 Å². The van der Waals surface area contributed by atoms with Gasteiger partial charge in [-0.25, -0.2) is 14.4 Å². The molecule has 3 fully saturated rings. The van der Waals surface area contributed by atoms with Gasteiger partial charge in [-0.15, -0.1) is 0 Å². The van der Waals surface area contributed by atoms with Gasteiger partial charge in [0.15, 0.2) is 0 Å². The van der Waals surface area contributed by atoms with E-state index in [2.05, 4.69) is 25.8 Å². The number of anilines is 2. The molecule has 15 heteroatoms. The zero-order valence-electron chi connectivity index (χ0n) is 30.8. The van der Waals surface area contributed by atoms with E-state index in [0.717, 1.165) is 69.9 Å². The van der Waals surface area contributed by atoms with Crippen molar-refractivity contribution in [2.75, 3.05) is 30.3 Å². The number of benzene rings is 1. The van der Waals surface area contributed by atoms with Crippen molar-refractivity contribution in [3.8, 4) is 5.75 Å². The van der Waals surface area contributed by atoms with Gasteiger partial charge < -0.3 is 24.7 Å². The van der Waals surface area contributed by atoms with Crippen LogP contribution < -0.4 is 20.7 Å². The third-order valence-corrected chi connectivity index (χ3v) is 10.9. The van der Waals surface area contributed by atoms with Gasteiger partial charge in [-0.05, 0) is 114 Å². The maximum Gasteiger partial charge on any atom is 0.433 e. The van der Waals surface area contributed by atoms with Crippen molar-refractivity contribution >= 4 is 34.9 Å². The molecule has 3 amide bonds. The summed E-state index contributed by atoms with van der Waals surface area (Å²) in [5.74, 6) is -0.624. The van der Waals surface area contributed by atoms with Crippen LogP contribution in [0.3, 0.4) is 0 Å². The fourth-order valence-corrected chi connectivity index (χ4v) is 8.01. The van der Waals surface area contributed by atoms with E-state index in [1.807, 2.05) is 32.2 Å². The van der Waals surface area contributed by atoms with Crippen LogP contribution in [0, 0.1) is 11.7 Å². The zero-order valence-corrected chi connectivity index (χ0v) is 30.8. The predicted molar refractivity (Wildman–Crippen MR) is 197 cm³/mol. The van der Waals surface area contributed by atoms with E-state index in [4.69, 9.17) is 9.72 Å². The summed E-state index contributed by atoms with van der Waals surface area (Å²) in [6.45, 7) is 6.43. The number of hydrogen-bond donors (Lipinski definition) is 3. The third-order valence-electron chi connectivity index (χ3n) is 10.9. The molecule has 1 saturated carbocycles. The monoisotopic (exact) mass is 763 g/mol. The topological polar surface area (TPSA) is 130 Å². The maximum atomic E-state index is 15.2. The number of fused-ring (bicyclic) bond motifs is 1. The lowest BCUT2D eigenvalue weighted by molar-refractivity contribution is -0.141. The summed E-state index contributed by atoms with van der Waals surface area (Å²) in [6.07, 6.45) is 5.02. The number of carbonyl (C=O) groups is 3. The lowest BCUT2D eigenvalue weighted by Gasteiger charge is -2.36. The molecule has 0 spiro atoms. The van der Waals surface area contributed by atoms with E-state index in [0.29, 0.717) is 29.2 Å². The van der Waals surface area contributed by atoms with Gasteiger partial charge in [0.2, 0.25) is 11.8 Å². The highest BCUT2D eigenvalue weighted by Gasteiger charge is 2.33.